The molecule has 0 unspecified atom stereocenters. The lowest BCUT2D eigenvalue weighted by molar-refractivity contribution is -0.117. The minimum atomic E-state index is -2.90. The van der Waals surface area contributed by atoms with Gasteiger partial charge in [0.25, 0.3) is 6.43 Å². The van der Waals surface area contributed by atoms with Crippen molar-refractivity contribution in [3.8, 4) is 0 Å². The first-order valence-corrected chi connectivity index (χ1v) is 7.04. The van der Waals surface area contributed by atoms with Crippen LogP contribution in [0.1, 0.15) is 23.2 Å². The van der Waals surface area contributed by atoms with Gasteiger partial charge in [0, 0.05) is 30.9 Å². The van der Waals surface area contributed by atoms with Crippen LogP contribution < -0.4 is 0 Å². The Labute approximate surface area is 130 Å². The largest absolute Gasteiger partial charge is 0.304 e. The maximum Gasteiger partial charge on any atom is 0.266 e. The zero-order valence-electron chi connectivity index (χ0n) is 12.0. The Hall–Kier alpha value is -2.63. The molecule has 0 atom stereocenters. The lowest BCUT2D eigenvalue weighted by Crippen LogP contribution is -2.10. The number of benzene rings is 1. The van der Waals surface area contributed by atoms with E-state index in [9.17, 15) is 18.0 Å². The van der Waals surface area contributed by atoms with Crippen molar-refractivity contribution in [2.24, 2.45) is 0 Å². The van der Waals surface area contributed by atoms with Crippen molar-refractivity contribution >= 4 is 11.4 Å². The van der Waals surface area contributed by atoms with Crippen molar-refractivity contribution < 1.29 is 18.0 Å². The van der Waals surface area contributed by atoms with E-state index >= 15 is 0 Å². The molecule has 6 heteroatoms. The molecule has 3 nitrogen and oxygen atoms in total. The third kappa shape index (κ3) is 3.26. The second-order valence-corrected chi connectivity index (χ2v) is 5.22. The summed E-state index contributed by atoms with van der Waals surface area (Å²) in [4.78, 5) is 16.3. The number of alkyl halides is 2. The molecular formula is C17H13F3N2O. The summed E-state index contributed by atoms with van der Waals surface area (Å²) in [5, 5.41) is 0. The fourth-order valence-corrected chi connectivity index (χ4v) is 2.51. The van der Waals surface area contributed by atoms with Crippen LogP contribution in [0.25, 0.3) is 5.65 Å². The quantitative estimate of drug-likeness (QED) is 0.718. The molecular weight excluding hydrogens is 305 g/mol. The third-order valence-electron chi connectivity index (χ3n) is 3.59. The Morgan fingerprint density at radius 3 is 2.78 bits per heavy atom. The van der Waals surface area contributed by atoms with Crippen molar-refractivity contribution in [1.29, 1.82) is 0 Å². The molecule has 0 bridgehead atoms. The fraction of sp³-hybridized carbons (Fsp3) is 0.176. The van der Waals surface area contributed by atoms with Crippen molar-refractivity contribution in [2.45, 2.75) is 19.3 Å². The van der Waals surface area contributed by atoms with Crippen molar-refractivity contribution in [3.63, 3.8) is 0 Å². The molecule has 0 saturated heterocycles. The van der Waals surface area contributed by atoms with Gasteiger partial charge in [-0.15, -0.1) is 0 Å². The number of fused-ring (bicyclic) bond motifs is 1. The monoisotopic (exact) mass is 318 g/mol. The number of imidazole rings is 1. The summed E-state index contributed by atoms with van der Waals surface area (Å²) < 4.78 is 40.5. The highest BCUT2D eigenvalue weighted by molar-refractivity contribution is 5.83. The first-order valence-electron chi connectivity index (χ1n) is 7.04. The highest BCUT2D eigenvalue weighted by Gasteiger charge is 2.15. The highest BCUT2D eigenvalue weighted by Crippen LogP contribution is 2.23. The number of hydrogen-bond donors (Lipinski definition) is 0. The van der Waals surface area contributed by atoms with Crippen LogP contribution in [0.3, 0.4) is 0 Å². The molecule has 0 aliphatic carbocycles. The zero-order chi connectivity index (χ0) is 16.4. The van der Waals surface area contributed by atoms with Gasteiger partial charge in [0.1, 0.15) is 17.2 Å². The molecule has 3 aromatic rings. The summed E-state index contributed by atoms with van der Waals surface area (Å²) in [6, 6.07) is 8.82. The predicted octanol–water partition coefficient (Wildman–Crippen LogP) is 3.77. The van der Waals surface area contributed by atoms with E-state index in [4.69, 9.17) is 0 Å². The van der Waals surface area contributed by atoms with E-state index in [-0.39, 0.29) is 18.6 Å². The second-order valence-electron chi connectivity index (χ2n) is 5.22. The van der Waals surface area contributed by atoms with Gasteiger partial charge in [-0.2, -0.15) is 0 Å². The minimum absolute atomic E-state index is 0.0227. The van der Waals surface area contributed by atoms with Gasteiger partial charge >= 0.3 is 0 Å². The first kappa shape index (κ1) is 15.3. The molecule has 3 rings (SSSR count). The van der Waals surface area contributed by atoms with E-state index in [1.165, 1.54) is 6.07 Å². The van der Waals surface area contributed by atoms with Crippen LogP contribution in [0.4, 0.5) is 13.2 Å². The van der Waals surface area contributed by atoms with Gasteiger partial charge in [-0.1, -0.05) is 12.1 Å². The standard InChI is InChI=1S/C17H13F3N2O/c18-15-5-4-11(9-14(15)17(19)20)8-13(23)10-12-2-1-3-16-21-6-7-22(12)16/h1-7,9,17H,8,10H2. The van der Waals surface area contributed by atoms with Crippen LogP contribution in [0.15, 0.2) is 48.8 Å². The molecule has 0 aliphatic rings. The minimum Gasteiger partial charge on any atom is -0.304 e. The molecule has 0 radical (unpaired) electrons. The van der Waals surface area contributed by atoms with E-state index in [1.54, 1.807) is 22.9 Å². The molecule has 2 aromatic heterocycles. The van der Waals surface area contributed by atoms with E-state index in [0.717, 1.165) is 23.5 Å². The summed E-state index contributed by atoms with van der Waals surface area (Å²) in [7, 11) is 0. The number of carbonyl (C=O) groups excluding carboxylic acids is 1. The molecule has 23 heavy (non-hydrogen) atoms. The first-order chi connectivity index (χ1) is 11.0. The van der Waals surface area contributed by atoms with E-state index in [1.807, 2.05) is 12.1 Å². The number of Topliss-reactive ketones (excluding diaryl/α,β-unsaturated/α-hetero) is 1. The molecule has 0 spiro atoms. The molecule has 118 valence electrons. The number of rotatable bonds is 5. The summed E-state index contributed by atoms with van der Waals surface area (Å²) in [6.07, 6.45) is 0.619. The van der Waals surface area contributed by atoms with Gasteiger partial charge < -0.3 is 4.40 Å². The van der Waals surface area contributed by atoms with Gasteiger partial charge in [-0.25, -0.2) is 18.2 Å². The molecule has 0 saturated carbocycles. The smallest absolute Gasteiger partial charge is 0.266 e. The van der Waals surface area contributed by atoms with Crippen LogP contribution in [-0.2, 0) is 17.6 Å². The summed E-state index contributed by atoms with van der Waals surface area (Å²) in [6.45, 7) is 0. The number of hydrogen-bond acceptors (Lipinski definition) is 2. The Morgan fingerprint density at radius 1 is 1.17 bits per heavy atom. The summed E-state index contributed by atoms with van der Waals surface area (Å²) >= 11 is 0. The number of carbonyl (C=O) groups is 1. The normalized spacial score (nSPS) is 11.3. The zero-order valence-corrected chi connectivity index (χ0v) is 12.0. The number of nitrogens with zero attached hydrogens (tertiary/aromatic N) is 2. The van der Waals surface area contributed by atoms with Crippen molar-refractivity contribution in [1.82, 2.24) is 9.38 Å². The molecule has 0 fully saturated rings. The van der Waals surface area contributed by atoms with Gasteiger partial charge in [-0.3, -0.25) is 4.79 Å². The maximum absolute atomic E-state index is 13.3. The van der Waals surface area contributed by atoms with Gasteiger partial charge in [0.2, 0.25) is 0 Å². The topological polar surface area (TPSA) is 34.4 Å². The van der Waals surface area contributed by atoms with E-state index < -0.39 is 17.8 Å². The van der Waals surface area contributed by atoms with E-state index in [2.05, 4.69) is 4.98 Å². The Balaban J connectivity index is 1.77. The van der Waals surface area contributed by atoms with Crippen molar-refractivity contribution in [2.75, 3.05) is 0 Å². The summed E-state index contributed by atoms with van der Waals surface area (Å²) in [5.74, 6) is -1.10. The average molecular weight is 318 g/mol. The second kappa shape index (κ2) is 6.24. The van der Waals surface area contributed by atoms with Gasteiger partial charge in [0.05, 0.1) is 5.56 Å². The average Bonchev–Trinajstić information content (AvgIpc) is 2.98. The van der Waals surface area contributed by atoms with Crippen LogP contribution in [0.2, 0.25) is 0 Å². The van der Waals surface area contributed by atoms with Crippen LogP contribution in [0.5, 0.6) is 0 Å². The molecule has 1 aromatic carbocycles. The van der Waals surface area contributed by atoms with Crippen LogP contribution in [-0.4, -0.2) is 15.2 Å². The van der Waals surface area contributed by atoms with Gasteiger partial charge in [0.15, 0.2) is 0 Å². The molecule has 0 aliphatic heterocycles. The maximum atomic E-state index is 13.3. The lowest BCUT2D eigenvalue weighted by Gasteiger charge is -2.07. The highest BCUT2D eigenvalue weighted by atomic mass is 19.3. The SMILES string of the molecule is O=C(Cc1ccc(F)c(C(F)F)c1)Cc1cccc2nccn12. The Bertz CT molecular complexity index is 858. The van der Waals surface area contributed by atoms with Crippen LogP contribution in [0, 0.1) is 5.82 Å². The Morgan fingerprint density at radius 2 is 2.00 bits per heavy atom. The van der Waals surface area contributed by atoms with Crippen LogP contribution >= 0.6 is 0 Å². The van der Waals surface area contributed by atoms with Gasteiger partial charge in [-0.05, 0) is 29.8 Å². The molecule has 2 heterocycles. The number of aromatic nitrogens is 2. The number of ketones is 1. The number of halogens is 3. The molecule has 0 amide bonds. The van der Waals surface area contributed by atoms with E-state index in [0.29, 0.717) is 5.56 Å². The third-order valence-corrected chi connectivity index (χ3v) is 3.59. The fourth-order valence-electron chi connectivity index (χ4n) is 2.51. The molecule has 0 N–H and O–H groups in total. The predicted molar refractivity (Wildman–Crippen MR) is 79.0 cm³/mol. The number of pyridine rings is 1. The lowest BCUT2D eigenvalue weighted by atomic mass is 10.0. The van der Waals surface area contributed by atoms with Crippen molar-refractivity contribution in [3.05, 3.63) is 71.4 Å². The summed E-state index contributed by atoms with van der Waals surface area (Å²) in [5.41, 5.74) is 1.20. The Kier molecular flexibility index (Phi) is 4.14.